The van der Waals surface area contributed by atoms with Crippen molar-refractivity contribution in [1.82, 2.24) is 0 Å². The van der Waals surface area contributed by atoms with Crippen LogP contribution < -0.4 is 10.4 Å². The van der Waals surface area contributed by atoms with E-state index < -0.39 is 17.3 Å². The average Bonchev–Trinajstić information content (AvgIpc) is 3.08. The molecule has 0 heterocycles. The second-order valence-electron chi connectivity index (χ2n) is 11.6. The molecule has 0 amide bonds. The Labute approximate surface area is 287 Å². The summed E-state index contributed by atoms with van der Waals surface area (Å²) in [6.45, 7) is 0. The molecule has 4 aliphatic carbocycles. The zero-order valence-corrected chi connectivity index (χ0v) is 26.4. The van der Waals surface area contributed by atoms with E-state index in [1.165, 1.54) is 11.1 Å². The molecule has 49 heavy (non-hydrogen) atoms. The summed E-state index contributed by atoms with van der Waals surface area (Å²) in [6, 6.07) is 23.7. The van der Waals surface area contributed by atoms with Crippen molar-refractivity contribution in [2.24, 2.45) is 0 Å². The van der Waals surface area contributed by atoms with Crippen molar-refractivity contribution in [3.05, 3.63) is 221 Å². The van der Waals surface area contributed by atoms with Crippen LogP contribution in [0.4, 0.5) is 0 Å². The van der Waals surface area contributed by atoms with Crippen LogP contribution in [0.25, 0.3) is 22.6 Å². The van der Waals surface area contributed by atoms with Crippen molar-refractivity contribution in [1.29, 1.82) is 0 Å². The number of rotatable bonds is 3. The minimum Gasteiger partial charge on any atom is -0.504 e. The van der Waals surface area contributed by atoms with E-state index in [-0.39, 0.29) is 16.5 Å². The molecule has 0 unspecified atom stereocenters. The van der Waals surface area contributed by atoms with E-state index in [9.17, 15) is 15.3 Å². The predicted octanol–water partition coefficient (Wildman–Crippen LogP) is 6.95. The van der Waals surface area contributed by atoms with Gasteiger partial charge in [-0.25, -0.2) is 0 Å². The molecule has 7 rings (SSSR count). The molecule has 4 aliphatic rings. The highest BCUT2D eigenvalue weighted by atomic mass is 16.3. The van der Waals surface area contributed by atoms with Crippen LogP contribution in [-0.2, 0) is 12.8 Å². The van der Waals surface area contributed by atoms with E-state index in [4.69, 9.17) is 15.7 Å². The van der Waals surface area contributed by atoms with Crippen LogP contribution in [0.1, 0.15) is 22.3 Å². The van der Waals surface area contributed by atoms with Gasteiger partial charge in [-0.2, -0.15) is 0 Å². The third-order valence-corrected chi connectivity index (χ3v) is 8.51. The average molecular weight is 624 g/mol. The first kappa shape index (κ1) is 31.1. The largest absolute Gasteiger partial charge is 0.504 e. The molecule has 0 aliphatic heterocycles. The van der Waals surface area contributed by atoms with Crippen LogP contribution in [0, 0.1) is 0 Å². The highest BCUT2D eigenvalue weighted by Crippen LogP contribution is 2.37. The van der Waals surface area contributed by atoms with Crippen LogP contribution in [0.3, 0.4) is 0 Å². The summed E-state index contributed by atoms with van der Waals surface area (Å²) in [5.74, 6) is -1.76. The van der Waals surface area contributed by atoms with Crippen LogP contribution in [0.5, 0.6) is 0 Å². The van der Waals surface area contributed by atoms with Gasteiger partial charge in [0, 0.05) is 32.7 Å². The lowest BCUT2D eigenvalue weighted by Gasteiger charge is -2.17. The van der Waals surface area contributed by atoms with Gasteiger partial charge >= 0.3 is 0 Å². The number of aliphatic hydroxyl groups is 3. The fourth-order valence-electron chi connectivity index (χ4n) is 6.01. The maximum atomic E-state index is 11.3. The molecule has 0 saturated heterocycles. The Morgan fingerprint density at radius 1 is 0.571 bits per heavy atom. The number of allylic oxidation sites excluding steroid dienone is 11. The Morgan fingerprint density at radius 3 is 1.94 bits per heavy atom. The van der Waals surface area contributed by atoms with E-state index in [2.05, 4.69) is 83.0 Å². The summed E-state index contributed by atoms with van der Waals surface area (Å²) >= 11 is 0. The zero-order valence-electron chi connectivity index (χ0n) is 26.4. The minimum absolute atomic E-state index is 0.0543. The first-order chi connectivity index (χ1) is 23.9. The number of hydrogen-bond acceptors (Lipinski definition) is 3. The third kappa shape index (κ3) is 6.30. The number of fused-ring (bicyclic) bond motifs is 3. The number of hydrogen-bond donors (Lipinski definition) is 3. The molecule has 3 N–H and O–H groups in total. The lowest BCUT2D eigenvalue weighted by Crippen LogP contribution is -2.22. The standard InChI is InChI=1S/C44H26B2O3/c45-40-27-41(46)44(49)43(48)39(26-42(40)47)38-25-34-18-8-7-17-33(34)24-37(35-19-9-10-20-36(35)38)30-14-4-1-13-29(21-22-30)32-16-6-3-12-28-11-2-5-15-31(28)23-32/h1-11,15-22,47-49H,12,23H2/b6-3-,22-21?,32-16+,44-43-. The summed E-state index contributed by atoms with van der Waals surface area (Å²) in [5.41, 5.74) is 26.3. The van der Waals surface area contributed by atoms with Gasteiger partial charge in [-0.05, 0) is 88.1 Å². The van der Waals surface area contributed by atoms with E-state index >= 15 is 0 Å². The monoisotopic (exact) mass is 624 g/mol. The highest BCUT2D eigenvalue weighted by molar-refractivity contribution is 6.27. The van der Waals surface area contributed by atoms with E-state index in [1.54, 1.807) is 0 Å². The quantitative estimate of drug-likeness (QED) is 0.219. The van der Waals surface area contributed by atoms with Gasteiger partial charge in [0.15, 0.2) is 17.3 Å². The van der Waals surface area contributed by atoms with Crippen LogP contribution in [-0.4, -0.2) is 31.0 Å². The van der Waals surface area contributed by atoms with Gasteiger partial charge in [-0.3, -0.25) is 0 Å². The first-order valence-electron chi connectivity index (χ1n) is 15.7. The molecule has 226 valence electrons. The van der Waals surface area contributed by atoms with Crippen molar-refractivity contribution in [3.63, 3.8) is 0 Å². The third-order valence-electron chi connectivity index (χ3n) is 8.51. The maximum absolute atomic E-state index is 11.3. The molecule has 3 aromatic rings. The van der Waals surface area contributed by atoms with E-state index in [0.717, 1.165) is 45.9 Å². The fraction of sp³-hybridized carbons (Fsp3) is 0.0455. The lowest BCUT2D eigenvalue weighted by atomic mass is 9.82. The molecular weight excluding hydrogens is 598 g/mol. The van der Waals surface area contributed by atoms with Gasteiger partial charge in [-0.1, -0.05) is 84.6 Å². The van der Waals surface area contributed by atoms with Gasteiger partial charge in [0.05, 0.1) is 5.57 Å². The van der Waals surface area contributed by atoms with E-state index in [1.807, 2.05) is 66.8 Å². The number of aliphatic hydroxyl groups excluding tert-OH is 3. The predicted molar refractivity (Wildman–Crippen MR) is 197 cm³/mol. The Morgan fingerprint density at radius 2 is 1.18 bits per heavy atom. The molecule has 0 bridgehead atoms. The summed E-state index contributed by atoms with van der Waals surface area (Å²) in [4.78, 5) is 0. The Kier molecular flexibility index (Phi) is 8.47. The summed E-state index contributed by atoms with van der Waals surface area (Å²) in [7, 11) is 11.9. The van der Waals surface area contributed by atoms with Gasteiger partial charge in [0.1, 0.15) is 15.7 Å². The summed E-state index contributed by atoms with van der Waals surface area (Å²) < 4.78 is 0. The van der Waals surface area contributed by atoms with Crippen LogP contribution in [0.2, 0.25) is 0 Å². The van der Waals surface area contributed by atoms with E-state index in [0.29, 0.717) is 16.4 Å². The second kappa shape index (κ2) is 13.3. The molecule has 0 aromatic heterocycles. The molecule has 4 radical (unpaired) electrons. The Bertz CT molecular complexity index is 2600. The molecular formula is C44H26B2O3. The van der Waals surface area contributed by atoms with Crippen molar-refractivity contribution in [3.8, 4) is 0 Å². The maximum Gasteiger partial charge on any atom is 0.174 e. The summed E-state index contributed by atoms with van der Waals surface area (Å²) in [5, 5.41) is 34.3. The molecule has 0 atom stereocenters. The fourth-order valence-corrected chi connectivity index (χ4v) is 6.01. The molecule has 0 spiro atoms. The van der Waals surface area contributed by atoms with Crippen LogP contribution >= 0.6 is 0 Å². The molecule has 3 nitrogen and oxygen atoms in total. The van der Waals surface area contributed by atoms with Crippen molar-refractivity contribution >= 4 is 38.3 Å². The Balaban J connectivity index is 1.43. The lowest BCUT2D eigenvalue weighted by molar-refractivity contribution is 0.346. The zero-order chi connectivity index (χ0) is 33.9. The Hall–Kier alpha value is -6.47. The van der Waals surface area contributed by atoms with Gasteiger partial charge in [0.25, 0.3) is 0 Å². The smallest absolute Gasteiger partial charge is 0.174 e. The first-order valence-corrected chi connectivity index (χ1v) is 15.7. The van der Waals surface area contributed by atoms with Crippen molar-refractivity contribution in [2.45, 2.75) is 12.8 Å². The molecule has 5 heteroatoms. The highest BCUT2D eigenvalue weighted by Gasteiger charge is 2.23. The number of benzene rings is 3. The van der Waals surface area contributed by atoms with Gasteiger partial charge in [0.2, 0.25) is 0 Å². The second-order valence-corrected chi connectivity index (χ2v) is 11.6. The molecule has 3 aromatic carbocycles. The van der Waals surface area contributed by atoms with Crippen molar-refractivity contribution in [2.75, 3.05) is 0 Å². The minimum atomic E-state index is -0.650. The van der Waals surface area contributed by atoms with Crippen molar-refractivity contribution < 1.29 is 15.3 Å². The van der Waals surface area contributed by atoms with Gasteiger partial charge < -0.3 is 15.3 Å². The topological polar surface area (TPSA) is 60.7 Å². The summed E-state index contributed by atoms with van der Waals surface area (Å²) in [6.07, 6.45) is 15.9. The SMILES string of the molecule is [B]C1=C=C([B])/C(O)=C(/O)C(C2=C=c3ccccc3=C=C(C3=C=CC=C=C(/C4=C/C=C\Cc5ccccc5C4)C=C3)c3ccccc32)=C=C1O. The van der Waals surface area contributed by atoms with Gasteiger partial charge in [-0.15, -0.1) is 28.7 Å². The molecule has 0 saturated carbocycles. The van der Waals surface area contributed by atoms with Crippen LogP contribution in [0.15, 0.2) is 189 Å². The molecule has 0 fully saturated rings. The normalized spacial score (nSPS) is 19.9.